The number of benzene rings is 1. The van der Waals surface area contributed by atoms with E-state index in [-0.39, 0.29) is 16.9 Å². The number of aliphatic hydroxyl groups excluding tert-OH is 1. The van der Waals surface area contributed by atoms with E-state index in [4.69, 9.17) is 0 Å². The third-order valence-corrected chi connectivity index (χ3v) is 5.14. The number of hydrogen-bond donors (Lipinski definition) is 2. The van der Waals surface area contributed by atoms with Gasteiger partial charge in [-0.2, -0.15) is 0 Å². The van der Waals surface area contributed by atoms with Crippen molar-refractivity contribution < 1.29 is 13.5 Å². The van der Waals surface area contributed by atoms with Gasteiger partial charge in [0.2, 0.25) is 10.0 Å². The van der Waals surface area contributed by atoms with E-state index in [1.54, 1.807) is 18.2 Å². The Morgan fingerprint density at radius 2 is 1.89 bits per heavy atom. The normalized spacial score (nSPS) is 14.5. The molecular formula is C12H18BrNO3S. The molecule has 0 heterocycles. The molecule has 4 nitrogen and oxygen atoms in total. The molecule has 0 aliphatic rings. The Kier molecular flexibility index (Phi) is 4.94. The molecule has 6 heteroatoms. The molecule has 1 atom stereocenters. The predicted molar refractivity (Wildman–Crippen MR) is 74.8 cm³/mol. The highest BCUT2D eigenvalue weighted by Gasteiger charge is 2.29. The minimum atomic E-state index is -3.64. The highest BCUT2D eigenvalue weighted by molar-refractivity contribution is 9.10. The molecule has 18 heavy (non-hydrogen) atoms. The maximum absolute atomic E-state index is 12.2. The number of halogens is 1. The van der Waals surface area contributed by atoms with Crippen molar-refractivity contribution >= 4 is 26.0 Å². The van der Waals surface area contributed by atoms with E-state index in [1.165, 1.54) is 6.07 Å². The molecule has 0 spiro atoms. The van der Waals surface area contributed by atoms with Crippen LogP contribution in [-0.4, -0.2) is 26.2 Å². The first-order valence-electron chi connectivity index (χ1n) is 5.56. The van der Waals surface area contributed by atoms with Crippen LogP contribution < -0.4 is 4.72 Å². The quantitative estimate of drug-likeness (QED) is 0.885. The van der Waals surface area contributed by atoms with Crippen LogP contribution in [0.25, 0.3) is 0 Å². The van der Waals surface area contributed by atoms with Gasteiger partial charge < -0.3 is 5.11 Å². The molecule has 2 N–H and O–H groups in total. The number of hydrogen-bond acceptors (Lipinski definition) is 3. The average Bonchev–Trinajstić information content (AvgIpc) is 2.24. The Hall–Kier alpha value is -0.430. The molecule has 0 aliphatic heterocycles. The maximum atomic E-state index is 12.2. The van der Waals surface area contributed by atoms with Gasteiger partial charge in [-0.05, 0) is 33.5 Å². The zero-order valence-electron chi connectivity index (χ0n) is 10.6. The molecule has 0 radical (unpaired) electrons. The summed E-state index contributed by atoms with van der Waals surface area (Å²) in [6.07, 6.45) is 0. The Labute approximate surface area is 117 Å². The number of rotatable bonds is 4. The van der Waals surface area contributed by atoms with Gasteiger partial charge >= 0.3 is 0 Å². The van der Waals surface area contributed by atoms with Gasteiger partial charge in [-0.15, -0.1) is 0 Å². The van der Waals surface area contributed by atoms with Gasteiger partial charge in [0.1, 0.15) is 0 Å². The van der Waals surface area contributed by atoms with Gasteiger partial charge in [0, 0.05) is 10.5 Å². The largest absolute Gasteiger partial charge is 0.395 e. The molecule has 1 aromatic carbocycles. The van der Waals surface area contributed by atoms with Crippen molar-refractivity contribution in [1.82, 2.24) is 4.72 Å². The van der Waals surface area contributed by atoms with E-state index in [0.717, 1.165) is 0 Å². The summed E-state index contributed by atoms with van der Waals surface area (Å²) < 4.78 is 27.5. The summed E-state index contributed by atoms with van der Waals surface area (Å²) in [5, 5.41) is 9.30. The van der Waals surface area contributed by atoms with Gasteiger partial charge in [-0.1, -0.05) is 32.9 Å². The van der Waals surface area contributed by atoms with E-state index in [9.17, 15) is 13.5 Å². The summed E-state index contributed by atoms with van der Waals surface area (Å²) >= 11 is 3.21. The summed E-state index contributed by atoms with van der Waals surface area (Å²) in [6, 6.07) is 6.05. The van der Waals surface area contributed by atoms with Crippen molar-refractivity contribution in [3.8, 4) is 0 Å². The monoisotopic (exact) mass is 335 g/mol. The number of nitrogens with one attached hydrogen (secondary N) is 1. The predicted octanol–water partition coefficient (Wildman–Crippen LogP) is 2.13. The molecule has 0 saturated heterocycles. The Bertz CT molecular complexity index is 508. The Balaban J connectivity index is 3.06. The minimum absolute atomic E-state index is 0.174. The lowest BCUT2D eigenvalue weighted by atomic mass is 9.88. The van der Waals surface area contributed by atoms with Gasteiger partial charge in [0.25, 0.3) is 0 Å². The second kappa shape index (κ2) is 5.69. The van der Waals surface area contributed by atoms with Crippen LogP contribution in [-0.2, 0) is 10.0 Å². The number of sulfonamides is 1. The molecule has 0 bridgehead atoms. The fourth-order valence-electron chi connectivity index (χ4n) is 1.40. The SMILES string of the molecule is CC(C)(C)C(CO)NS(=O)(=O)c1ccccc1Br. The molecule has 1 rings (SSSR count). The number of aliphatic hydroxyl groups is 1. The standard InChI is InChI=1S/C12H18BrNO3S/c1-12(2,3)11(8-15)14-18(16,17)10-7-5-4-6-9(10)13/h4-7,11,14-15H,8H2,1-3H3. The molecule has 1 unspecified atom stereocenters. The summed E-state index contributed by atoms with van der Waals surface area (Å²) in [7, 11) is -3.64. The summed E-state index contributed by atoms with van der Waals surface area (Å²) in [5.41, 5.74) is -0.358. The van der Waals surface area contributed by atoms with E-state index >= 15 is 0 Å². The molecule has 1 aromatic rings. The zero-order valence-corrected chi connectivity index (χ0v) is 13.0. The molecule has 0 fully saturated rings. The van der Waals surface area contributed by atoms with Gasteiger partial charge in [0.15, 0.2) is 0 Å². The van der Waals surface area contributed by atoms with Crippen molar-refractivity contribution in [2.75, 3.05) is 6.61 Å². The third kappa shape index (κ3) is 3.78. The van der Waals surface area contributed by atoms with Crippen LogP contribution in [0.3, 0.4) is 0 Å². The molecule has 0 saturated carbocycles. The van der Waals surface area contributed by atoms with Crippen molar-refractivity contribution in [2.24, 2.45) is 5.41 Å². The minimum Gasteiger partial charge on any atom is -0.395 e. The molecule has 0 amide bonds. The smallest absolute Gasteiger partial charge is 0.242 e. The van der Waals surface area contributed by atoms with Crippen molar-refractivity contribution in [2.45, 2.75) is 31.7 Å². The zero-order chi connectivity index (χ0) is 14.0. The first-order valence-corrected chi connectivity index (χ1v) is 7.84. The van der Waals surface area contributed by atoms with E-state index in [1.807, 2.05) is 20.8 Å². The van der Waals surface area contributed by atoms with E-state index in [0.29, 0.717) is 4.47 Å². The fraction of sp³-hybridized carbons (Fsp3) is 0.500. The maximum Gasteiger partial charge on any atom is 0.242 e. The molecule has 0 aromatic heterocycles. The van der Waals surface area contributed by atoms with E-state index < -0.39 is 16.1 Å². The summed E-state index contributed by atoms with van der Waals surface area (Å²) in [5.74, 6) is 0. The van der Waals surface area contributed by atoms with Gasteiger partial charge in [0.05, 0.1) is 11.5 Å². The first-order chi connectivity index (χ1) is 8.18. The summed E-state index contributed by atoms with van der Waals surface area (Å²) in [6.45, 7) is 5.37. The van der Waals surface area contributed by atoms with Crippen molar-refractivity contribution in [1.29, 1.82) is 0 Å². The highest BCUT2D eigenvalue weighted by atomic mass is 79.9. The van der Waals surface area contributed by atoms with Crippen molar-refractivity contribution in [3.63, 3.8) is 0 Å². The van der Waals surface area contributed by atoms with Crippen LogP contribution in [0.1, 0.15) is 20.8 Å². The summed E-state index contributed by atoms with van der Waals surface area (Å²) in [4.78, 5) is 0.174. The first kappa shape index (κ1) is 15.6. The van der Waals surface area contributed by atoms with Crippen LogP contribution >= 0.6 is 15.9 Å². The lowest BCUT2D eigenvalue weighted by Crippen LogP contribution is -2.46. The van der Waals surface area contributed by atoms with Crippen LogP contribution in [0.5, 0.6) is 0 Å². The van der Waals surface area contributed by atoms with Gasteiger partial charge in [-0.25, -0.2) is 13.1 Å². The van der Waals surface area contributed by atoms with Crippen molar-refractivity contribution in [3.05, 3.63) is 28.7 Å². The molecule has 102 valence electrons. The van der Waals surface area contributed by atoms with Gasteiger partial charge in [-0.3, -0.25) is 0 Å². The van der Waals surface area contributed by atoms with Crippen LogP contribution in [0.2, 0.25) is 0 Å². The Morgan fingerprint density at radius 1 is 1.33 bits per heavy atom. The Morgan fingerprint density at radius 3 is 2.33 bits per heavy atom. The lowest BCUT2D eigenvalue weighted by molar-refractivity contribution is 0.177. The fourth-order valence-corrected chi connectivity index (χ4v) is 3.84. The van der Waals surface area contributed by atoms with E-state index in [2.05, 4.69) is 20.7 Å². The second-order valence-electron chi connectivity index (χ2n) is 5.15. The average molecular weight is 336 g/mol. The molecular weight excluding hydrogens is 318 g/mol. The van der Waals surface area contributed by atoms with Crippen LogP contribution in [0, 0.1) is 5.41 Å². The second-order valence-corrected chi connectivity index (χ2v) is 7.69. The van der Waals surface area contributed by atoms with Crippen LogP contribution in [0.15, 0.2) is 33.6 Å². The van der Waals surface area contributed by atoms with Crippen LogP contribution in [0.4, 0.5) is 0 Å². The highest BCUT2D eigenvalue weighted by Crippen LogP contribution is 2.24. The molecule has 0 aliphatic carbocycles. The lowest BCUT2D eigenvalue weighted by Gasteiger charge is -2.29. The third-order valence-electron chi connectivity index (χ3n) is 2.65. The topological polar surface area (TPSA) is 66.4 Å².